The van der Waals surface area contributed by atoms with Crippen molar-refractivity contribution < 1.29 is 9.84 Å². The number of hydrogen-bond acceptors (Lipinski definition) is 2. The minimum Gasteiger partial charge on any atom is -0.385 e. The lowest BCUT2D eigenvalue weighted by Crippen LogP contribution is -2.25. The van der Waals surface area contributed by atoms with Crippen LogP contribution >= 0.6 is 11.6 Å². The first-order valence-electron chi connectivity index (χ1n) is 5.00. The number of ether oxygens (including phenoxy) is 1. The summed E-state index contributed by atoms with van der Waals surface area (Å²) in [7, 11) is 0. The van der Waals surface area contributed by atoms with Gasteiger partial charge in [0.05, 0.1) is 5.60 Å². The van der Waals surface area contributed by atoms with E-state index >= 15 is 0 Å². The van der Waals surface area contributed by atoms with Crippen LogP contribution < -0.4 is 0 Å². The van der Waals surface area contributed by atoms with E-state index in [2.05, 4.69) is 0 Å². The summed E-state index contributed by atoms with van der Waals surface area (Å²) in [6, 6.07) is 7.21. The molecule has 82 valence electrons. The normalized spacial score (nSPS) is 29.9. The minimum absolute atomic E-state index is 0.258. The SMILES string of the molecule is CC1(C)O[C@@]1(C)[C@H](O)c1ccc(Cl)cc1. The topological polar surface area (TPSA) is 32.8 Å². The van der Waals surface area contributed by atoms with E-state index < -0.39 is 11.7 Å². The zero-order valence-corrected chi connectivity index (χ0v) is 9.88. The molecule has 0 saturated carbocycles. The maximum Gasteiger partial charge on any atom is 0.124 e. The van der Waals surface area contributed by atoms with Gasteiger partial charge in [0.25, 0.3) is 0 Å². The van der Waals surface area contributed by atoms with Crippen LogP contribution in [0.25, 0.3) is 0 Å². The predicted molar refractivity (Wildman–Crippen MR) is 60.0 cm³/mol. The van der Waals surface area contributed by atoms with Crippen molar-refractivity contribution in [2.45, 2.75) is 38.1 Å². The van der Waals surface area contributed by atoms with Gasteiger partial charge < -0.3 is 9.84 Å². The van der Waals surface area contributed by atoms with Crippen LogP contribution in [0.1, 0.15) is 32.4 Å². The van der Waals surface area contributed by atoms with Crippen molar-refractivity contribution in [3.05, 3.63) is 34.9 Å². The summed E-state index contributed by atoms with van der Waals surface area (Å²) in [5.41, 5.74) is 0.0971. The van der Waals surface area contributed by atoms with E-state index in [0.29, 0.717) is 5.02 Å². The molecule has 3 heteroatoms. The molecule has 0 aromatic heterocycles. The molecule has 2 atom stereocenters. The van der Waals surface area contributed by atoms with E-state index in [-0.39, 0.29) is 5.60 Å². The van der Waals surface area contributed by atoms with E-state index in [9.17, 15) is 5.11 Å². The molecule has 0 aliphatic carbocycles. The third-order valence-corrected chi connectivity index (χ3v) is 3.58. The molecule has 1 aliphatic rings. The standard InChI is InChI=1S/C12H15ClO2/c1-11(2)12(3,15-11)10(14)8-4-6-9(13)7-5-8/h4-7,10,14H,1-3H3/t10-,12+/m1/s1. The lowest BCUT2D eigenvalue weighted by Gasteiger charge is -2.17. The lowest BCUT2D eigenvalue weighted by molar-refractivity contribution is 0.0849. The van der Waals surface area contributed by atoms with Gasteiger partial charge in [-0.1, -0.05) is 23.7 Å². The molecule has 0 spiro atoms. The molecular weight excluding hydrogens is 212 g/mol. The van der Waals surface area contributed by atoms with Gasteiger partial charge in [0, 0.05) is 5.02 Å². The molecule has 0 unspecified atom stereocenters. The molecule has 0 bridgehead atoms. The molecule has 1 aliphatic heterocycles. The molecule has 1 aromatic carbocycles. The molecule has 2 nitrogen and oxygen atoms in total. The average Bonchev–Trinajstić information content (AvgIpc) is 2.67. The highest BCUT2D eigenvalue weighted by atomic mass is 35.5. The Balaban J connectivity index is 2.23. The quantitative estimate of drug-likeness (QED) is 0.787. The second-order valence-corrected chi connectivity index (χ2v) is 5.11. The number of rotatable bonds is 2. The third-order valence-electron chi connectivity index (χ3n) is 3.33. The molecule has 1 fully saturated rings. The monoisotopic (exact) mass is 226 g/mol. The number of benzene rings is 1. The Hall–Kier alpha value is -0.570. The van der Waals surface area contributed by atoms with Crippen LogP contribution in [0.3, 0.4) is 0 Å². The maximum absolute atomic E-state index is 10.2. The van der Waals surface area contributed by atoms with Crippen LogP contribution in [-0.4, -0.2) is 16.3 Å². The van der Waals surface area contributed by atoms with Gasteiger partial charge >= 0.3 is 0 Å². The second kappa shape index (κ2) is 3.21. The first-order valence-corrected chi connectivity index (χ1v) is 5.38. The smallest absolute Gasteiger partial charge is 0.124 e. The van der Waals surface area contributed by atoms with E-state index in [4.69, 9.17) is 16.3 Å². The average molecular weight is 227 g/mol. The van der Waals surface area contributed by atoms with Crippen molar-refractivity contribution in [2.75, 3.05) is 0 Å². The van der Waals surface area contributed by atoms with Gasteiger partial charge in [-0.2, -0.15) is 0 Å². The molecule has 1 N–H and O–H groups in total. The Labute approximate surface area is 94.8 Å². The number of epoxide rings is 1. The number of aliphatic hydroxyl groups excluding tert-OH is 1. The highest BCUT2D eigenvalue weighted by Crippen LogP contribution is 2.54. The van der Waals surface area contributed by atoms with Gasteiger partial charge in [0.1, 0.15) is 11.7 Å². The van der Waals surface area contributed by atoms with Crippen LogP contribution in [-0.2, 0) is 4.74 Å². The predicted octanol–water partition coefficient (Wildman–Crippen LogP) is 2.94. The molecule has 1 heterocycles. The summed E-state index contributed by atoms with van der Waals surface area (Å²) in [5.74, 6) is 0. The van der Waals surface area contributed by atoms with Crippen LogP contribution in [0.15, 0.2) is 24.3 Å². The summed E-state index contributed by atoms with van der Waals surface area (Å²) >= 11 is 5.79. The summed E-state index contributed by atoms with van der Waals surface area (Å²) in [4.78, 5) is 0. The highest BCUT2D eigenvalue weighted by Gasteiger charge is 2.64. The largest absolute Gasteiger partial charge is 0.385 e. The maximum atomic E-state index is 10.2. The summed E-state index contributed by atoms with van der Waals surface area (Å²) in [5, 5.41) is 10.9. The van der Waals surface area contributed by atoms with Crippen LogP contribution in [0.2, 0.25) is 5.02 Å². The molecule has 0 radical (unpaired) electrons. The van der Waals surface area contributed by atoms with Gasteiger partial charge in [-0.3, -0.25) is 0 Å². The van der Waals surface area contributed by atoms with Crippen molar-refractivity contribution in [2.24, 2.45) is 0 Å². The second-order valence-electron chi connectivity index (χ2n) is 4.67. The summed E-state index contributed by atoms with van der Waals surface area (Å²) in [6.45, 7) is 5.88. The lowest BCUT2D eigenvalue weighted by atomic mass is 9.88. The van der Waals surface area contributed by atoms with Crippen molar-refractivity contribution in [3.63, 3.8) is 0 Å². The van der Waals surface area contributed by atoms with Crippen LogP contribution in [0.4, 0.5) is 0 Å². The molecular formula is C12H15ClO2. The molecule has 1 aromatic rings. The molecule has 15 heavy (non-hydrogen) atoms. The first kappa shape index (κ1) is 10.9. The van der Waals surface area contributed by atoms with Crippen molar-refractivity contribution in [1.29, 1.82) is 0 Å². The zero-order chi connectivity index (χ0) is 11.3. The minimum atomic E-state index is -0.607. The molecule has 0 amide bonds. The van der Waals surface area contributed by atoms with Crippen molar-refractivity contribution >= 4 is 11.6 Å². The van der Waals surface area contributed by atoms with Crippen molar-refractivity contribution in [3.8, 4) is 0 Å². The Morgan fingerprint density at radius 1 is 1.20 bits per heavy atom. The van der Waals surface area contributed by atoms with E-state index in [1.807, 2.05) is 32.9 Å². The number of aliphatic hydroxyl groups is 1. The Morgan fingerprint density at radius 3 is 2.07 bits per heavy atom. The van der Waals surface area contributed by atoms with E-state index in [1.165, 1.54) is 0 Å². The summed E-state index contributed by atoms with van der Waals surface area (Å²) in [6.07, 6.45) is -0.607. The van der Waals surface area contributed by atoms with E-state index in [1.54, 1.807) is 12.1 Å². The number of hydrogen-bond donors (Lipinski definition) is 1. The van der Waals surface area contributed by atoms with Gasteiger partial charge in [0.2, 0.25) is 0 Å². The fourth-order valence-corrected chi connectivity index (χ4v) is 1.98. The zero-order valence-electron chi connectivity index (χ0n) is 9.12. The number of halogens is 1. The van der Waals surface area contributed by atoms with Gasteiger partial charge in [-0.15, -0.1) is 0 Å². The van der Waals surface area contributed by atoms with Crippen LogP contribution in [0, 0.1) is 0 Å². The van der Waals surface area contributed by atoms with Gasteiger partial charge in [0.15, 0.2) is 0 Å². The van der Waals surface area contributed by atoms with Gasteiger partial charge in [-0.05, 0) is 38.5 Å². The van der Waals surface area contributed by atoms with Gasteiger partial charge in [-0.25, -0.2) is 0 Å². The Kier molecular flexibility index (Phi) is 2.34. The highest BCUT2D eigenvalue weighted by molar-refractivity contribution is 6.30. The fraction of sp³-hybridized carbons (Fsp3) is 0.500. The summed E-state index contributed by atoms with van der Waals surface area (Å²) < 4.78 is 5.56. The van der Waals surface area contributed by atoms with Crippen molar-refractivity contribution in [1.82, 2.24) is 0 Å². The van der Waals surface area contributed by atoms with E-state index in [0.717, 1.165) is 5.56 Å². The first-order chi connectivity index (χ1) is 6.87. The Bertz CT molecular complexity index is 372. The third kappa shape index (κ3) is 1.67. The molecule has 2 rings (SSSR count). The van der Waals surface area contributed by atoms with Crippen LogP contribution in [0.5, 0.6) is 0 Å². The Morgan fingerprint density at radius 2 is 1.67 bits per heavy atom. The fourth-order valence-electron chi connectivity index (χ4n) is 1.85. The molecule has 1 saturated heterocycles.